The van der Waals surface area contributed by atoms with E-state index in [-0.39, 0.29) is 17.4 Å². The molecule has 1 aromatic heterocycles. The zero-order valence-corrected chi connectivity index (χ0v) is 10.4. The number of halogens is 1. The van der Waals surface area contributed by atoms with Crippen LogP contribution in [-0.4, -0.2) is 21.0 Å². The smallest absolute Gasteiger partial charge is 0.255 e. The number of nitrogens with one attached hydrogen (secondary N) is 2. The third kappa shape index (κ3) is 2.90. The number of aromatic amines is 1. The van der Waals surface area contributed by atoms with Gasteiger partial charge in [-0.25, -0.2) is 9.37 Å². The van der Waals surface area contributed by atoms with Gasteiger partial charge in [0.15, 0.2) is 0 Å². The van der Waals surface area contributed by atoms with E-state index in [1.807, 2.05) is 6.92 Å². The number of aromatic hydroxyl groups is 1. The molecule has 0 saturated carbocycles. The lowest BCUT2D eigenvalue weighted by Gasteiger charge is -2.15. The minimum atomic E-state index is -0.575. The van der Waals surface area contributed by atoms with Crippen molar-refractivity contribution in [3.63, 3.8) is 0 Å². The molecule has 0 bridgehead atoms. The molecule has 0 spiro atoms. The lowest BCUT2D eigenvalue weighted by Crippen LogP contribution is -2.29. The Balaban J connectivity index is 2.18. The summed E-state index contributed by atoms with van der Waals surface area (Å²) in [5, 5.41) is 12.3. The second-order valence-corrected chi connectivity index (χ2v) is 4.07. The molecule has 1 amide bonds. The number of imidazole rings is 1. The monoisotopic (exact) mass is 263 g/mol. The van der Waals surface area contributed by atoms with Gasteiger partial charge in [-0.2, -0.15) is 0 Å². The Bertz CT molecular complexity index is 569. The van der Waals surface area contributed by atoms with Gasteiger partial charge in [-0.05, 0) is 24.6 Å². The largest absolute Gasteiger partial charge is 0.507 e. The number of phenolic OH excluding ortho intramolecular Hbond substituents is 1. The van der Waals surface area contributed by atoms with Crippen LogP contribution in [0, 0.1) is 5.82 Å². The molecule has 2 rings (SSSR count). The van der Waals surface area contributed by atoms with E-state index in [2.05, 4.69) is 15.3 Å². The van der Waals surface area contributed by atoms with Gasteiger partial charge in [0.2, 0.25) is 0 Å². The second kappa shape index (κ2) is 5.51. The standard InChI is InChI=1S/C13H14FN3O2/c1-2-10(12-15-5-6-16-12)17-13(19)9-7-8(14)3-4-11(9)18/h3-7,10,18H,2H2,1H3,(H,15,16)(H,17,19). The first-order valence-electron chi connectivity index (χ1n) is 5.90. The third-order valence-electron chi connectivity index (χ3n) is 2.77. The lowest BCUT2D eigenvalue weighted by molar-refractivity contribution is 0.0930. The van der Waals surface area contributed by atoms with Crippen molar-refractivity contribution in [2.24, 2.45) is 0 Å². The Morgan fingerprint density at radius 2 is 2.37 bits per heavy atom. The molecule has 0 radical (unpaired) electrons. The molecule has 0 aliphatic rings. The molecule has 19 heavy (non-hydrogen) atoms. The fraction of sp³-hybridized carbons (Fsp3) is 0.231. The average molecular weight is 263 g/mol. The maximum absolute atomic E-state index is 13.1. The van der Waals surface area contributed by atoms with Gasteiger partial charge in [-0.3, -0.25) is 4.79 Å². The van der Waals surface area contributed by atoms with E-state index in [1.54, 1.807) is 12.4 Å². The van der Waals surface area contributed by atoms with Crippen molar-refractivity contribution in [1.82, 2.24) is 15.3 Å². The molecule has 0 aliphatic heterocycles. The van der Waals surface area contributed by atoms with Crippen LogP contribution in [0.25, 0.3) is 0 Å². The van der Waals surface area contributed by atoms with Gasteiger partial charge in [0.25, 0.3) is 5.91 Å². The lowest BCUT2D eigenvalue weighted by atomic mass is 10.1. The van der Waals surface area contributed by atoms with Crippen LogP contribution in [0.4, 0.5) is 4.39 Å². The highest BCUT2D eigenvalue weighted by atomic mass is 19.1. The molecular weight excluding hydrogens is 249 g/mol. The molecule has 1 aromatic carbocycles. The molecule has 1 atom stereocenters. The Morgan fingerprint density at radius 3 is 3.00 bits per heavy atom. The van der Waals surface area contributed by atoms with E-state index >= 15 is 0 Å². The molecule has 1 heterocycles. The fourth-order valence-corrected chi connectivity index (χ4v) is 1.76. The SMILES string of the molecule is CCC(NC(=O)c1cc(F)ccc1O)c1ncc[nH]1. The van der Waals surface area contributed by atoms with Gasteiger partial charge in [-0.15, -0.1) is 0 Å². The highest BCUT2D eigenvalue weighted by molar-refractivity contribution is 5.97. The van der Waals surface area contributed by atoms with Crippen molar-refractivity contribution in [2.75, 3.05) is 0 Å². The number of nitrogens with zero attached hydrogens (tertiary/aromatic N) is 1. The van der Waals surface area contributed by atoms with Crippen LogP contribution in [0.3, 0.4) is 0 Å². The van der Waals surface area contributed by atoms with Crippen LogP contribution >= 0.6 is 0 Å². The zero-order chi connectivity index (χ0) is 13.8. The number of aromatic nitrogens is 2. The topological polar surface area (TPSA) is 78.0 Å². The summed E-state index contributed by atoms with van der Waals surface area (Å²) in [5.74, 6) is -0.755. The summed E-state index contributed by atoms with van der Waals surface area (Å²) in [6.07, 6.45) is 3.86. The average Bonchev–Trinajstić information content (AvgIpc) is 2.92. The molecule has 5 nitrogen and oxygen atoms in total. The summed E-state index contributed by atoms with van der Waals surface area (Å²) in [6, 6.07) is 2.93. The minimum Gasteiger partial charge on any atom is -0.507 e. The number of rotatable bonds is 4. The molecule has 6 heteroatoms. The van der Waals surface area contributed by atoms with Crippen LogP contribution in [0.1, 0.15) is 35.6 Å². The quantitative estimate of drug-likeness (QED) is 0.790. The van der Waals surface area contributed by atoms with Crippen molar-refractivity contribution < 1.29 is 14.3 Å². The summed E-state index contributed by atoms with van der Waals surface area (Å²) in [5.41, 5.74) is -0.0926. The highest BCUT2D eigenvalue weighted by Gasteiger charge is 2.18. The number of carbonyl (C=O) groups is 1. The van der Waals surface area contributed by atoms with Crippen LogP contribution in [0.5, 0.6) is 5.75 Å². The van der Waals surface area contributed by atoms with Crippen LogP contribution in [0.15, 0.2) is 30.6 Å². The number of amides is 1. The third-order valence-corrected chi connectivity index (χ3v) is 2.77. The normalized spacial score (nSPS) is 12.1. The van der Waals surface area contributed by atoms with Crippen molar-refractivity contribution in [3.05, 3.63) is 47.8 Å². The minimum absolute atomic E-state index is 0.0926. The van der Waals surface area contributed by atoms with E-state index in [1.165, 1.54) is 0 Å². The summed E-state index contributed by atoms with van der Waals surface area (Å²) in [6.45, 7) is 1.89. The van der Waals surface area contributed by atoms with Crippen LogP contribution < -0.4 is 5.32 Å². The molecule has 3 N–H and O–H groups in total. The number of phenols is 1. The van der Waals surface area contributed by atoms with E-state index in [4.69, 9.17) is 0 Å². The van der Waals surface area contributed by atoms with E-state index in [0.29, 0.717) is 12.2 Å². The summed E-state index contributed by atoms with van der Waals surface area (Å²) < 4.78 is 13.1. The van der Waals surface area contributed by atoms with Crippen molar-refractivity contribution in [1.29, 1.82) is 0 Å². The van der Waals surface area contributed by atoms with Crippen molar-refractivity contribution >= 4 is 5.91 Å². The van der Waals surface area contributed by atoms with Gasteiger partial charge in [0.05, 0.1) is 11.6 Å². The van der Waals surface area contributed by atoms with Gasteiger partial charge >= 0.3 is 0 Å². The number of hydrogen-bond donors (Lipinski definition) is 3. The van der Waals surface area contributed by atoms with Crippen LogP contribution in [-0.2, 0) is 0 Å². The Hall–Kier alpha value is -2.37. The summed E-state index contributed by atoms with van der Waals surface area (Å²) in [7, 11) is 0. The van der Waals surface area contributed by atoms with Crippen molar-refractivity contribution in [2.45, 2.75) is 19.4 Å². The van der Waals surface area contributed by atoms with Gasteiger partial charge in [-0.1, -0.05) is 6.92 Å². The first-order valence-corrected chi connectivity index (χ1v) is 5.90. The number of carbonyl (C=O) groups excluding carboxylic acids is 1. The summed E-state index contributed by atoms with van der Waals surface area (Å²) >= 11 is 0. The highest BCUT2D eigenvalue weighted by Crippen LogP contribution is 2.19. The molecule has 2 aromatic rings. The molecule has 1 unspecified atom stereocenters. The van der Waals surface area contributed by atoms with E-state index < -0.39 is 11.7 Å². The van der Waals surface area contributed by atoms with Crippen molar-refractivity contribution in [3.8, 4) is 5.75 Å². The van der Waals surface area contributed by atoms with E-state index in [9.17, 15) is 14.3 Å². The van der Waals surface area contributed by atoms with Crippen LogP contribution in [0.2, 0.25) is 0 Å². The predicted octanol–water partition coefficient (Wildman–Crippen LogP) is 2.14. The zero-order valence-electron chi connectivity index (χ0n) is 10.4. The Labute approximate surface area is 109 Å². The van der Waals surface area contributed by atoms with Gasteiger partial charge in [0.1, 0.15) is 17.4 Å². The first kappa shape index (κ1) is 13.1. The van der Waals surface area contributed by atoms with Gasteiger partial charge < -0.3 is 15.4 Å². The first-order chi connectivity index (χ1) is 9.11. The molecule has 0 fully saturated rings. The number of benzene rings is 1. The second-order valence-electron chi connectivity index (χ2n) is 4.07. The molecule has 0 aliphatic carbocycles. The molecular formula is C13H14FN3O2. The Kier molecular flexibility index (Phi) is 3.79. The Morgan fingerprint density at radius 1 is 1.58 bits per heavy atom. The predicted molar refractivity (Wildman–Crippen MR) is 67.2 cm³/mol. The summed E-state index contributed by atoms with van der Waals surface area (Å²) in [4.78, 5) is 19.0. The fourth-order valence-electron chi connectivity index (χ4n) is 1.76. The number of hydrogen-bond acceptors (Lipinski definition) is 3. The maximum Gasteiger partial charge on any atom is 0.255 e. The van der Waals surface area contributed by atoms with Gasteiger partial charge in [0, 0.05) is 12.4 Å². The maximum atomic E-state index is 13.1. The van der Waals surface area contributed by atoms with E-state index in [0.717, 1.165) is 18.2 Å². The number of H-pyrrole nitrogens is 1. The molecule has 0 saturated heterocycles. The molecule has 100 valence electrons.